The summed E-state index contributed by atoms with van der Waals surface area (Å²) in [4.78, 5) is 27.8. The van der Waals surface area contributed by atoms with Crippen molar-refractivity contribution >= 4 is 23.1 Å². The number of aryl methyl sites for hydroxylation is 2. The number of hydrogen-bond acceptors (Lipinski definition) is 6. The van der Waals surface area contributed by atoms with Crippen LogP contribution < -0.4 is 14.8 Å². The lowest BCUT2D eigenvalue weighted by Gasteiger charge is -2.15. The van der Waals surface area contributed by atoms with Crippen LogP contribution in [-0.2, 0) is 14.3 Å². The fourth-order valence-electron chi connectivity index (χ4n) is 3.65. The second kappa shape index (κ2) is 8.81. The molecule has 0 saturated carbocycles. The van der Waals surface area contributed by atoms with Gasteiger partial charge >= 0.3 is 0 Å². The maximum Gasteiger partial charge on any atom is 0.278 e. The summed E-state index contributed by atoms with van der Waals surface area (Å²) in [5, 5.41) is 3.17. The SMILES string of the molecule is CCOCCCN1C(=O)C(Nc2ccc3c(c2)OCO3)=C(c2ccc(C)c(C)c2)C1=O. The number of carbonyl (C=O) groups is 2. The number of benzene rings is 2. The maximum atomic E-state index is 13.3. The van der Waals surface area contributed by atoms with Crippen molar-refractivity contribution in [2.45, 2.75) is 27.2 Å². The van der Waals surface area contributed by atoms with Gasteiger partial charge in [0.25, 0.3) is 11.8 Å². The number of hydrogen-bond donors (Lipinski definition) is 1. The van der Waals surface area contributed by atoms with Gasteiger partial charge in [0.1, 0.15) is 5.70 Å². The Morgan fingerprint density at radius 1 is 1.00 bits per heavy atom. The fraction of sp³-hybridized carbons (Fsp3) is 0.333. The summed E-state index contributed by atoms with van der Waals surface area (Å²) in [6.45, 7) is 7.49. The van der Waals surface area contributed by atoms with Crippen LogP contribution in [0, 0.1) is 13.8 Å². The van der Waals surface area contributed by atoms with E-state index in [2.05, 4.69) is 5.32 Å². The van der Waals surface area contributed by atoms with Gasteiger partial charge in [-0.3, -0.25) is 14.5 Å². The van der Waals surface area contributed by atoms with Crippen molar-refractivity contribution in [3.8, 4) is 11.5 Å². The van der Waals surface area contributed by atoms with Gasteiger partial charge in [-0.25, -0.2) is 0 Å². The lowest BCUT2D eigenvalue weighted by molar-refractivity contribution is -0.137. The zero-order valence-electron chi connectivity index (χ0n) is 18.0. The summed E-state index contributed by atoms with van der Waals surface area (Å²) in [6.07, 6.45) is 0.586. The first kappa shape index (κ1) is 20.9. The molecule has 0 aliphatic carbocycles. The first-order valence-corrected chi connectivity index (χ1v) is 10.4. The van der Waals surface area contributed by atoms with Crippen LogP contribution in [0.4, 0.5) is 5.69 Å². The number of imide groups is 1. The molecule has 0 aromatic heterocycles. The van der Waals surface area contributed by atoms with Crippen LogP contribution in [0.5, 0.6) is 11.5 Å². The van der Waals surface area contributed by atoms with Crippen molar-refractivity contribution in [3.05, 3.63) is 58.8 Å². The van der Waals surface area contributed by atoms with Gasteiger partial charge in [0.15, 0.2) is 11.5 Å². The molecule has 0 fully saturated rings. The topological polar surface area (TPSA) is 77.1 Å². The number of ether oxygens (including phenoxy) is 3. The molecule has 2 aromatic rings. The summed E-state index contributed by atoms with van der Waals surface area (Å²) in [7, 11) is 0. The second-order valence-corrected chi connectivity index (χ2v) is 7.55. The third kappa shape index (κ3) is 4.14. The molecule has 162 valence electrons. The number of rotatable bonds is 8. The van der Waals surface area contributed by atoms with Gasteiger partial charge in [-0.15, -0.1) is 0 Å². The predicted octanol–water partition coefficient (Wildman–Crippen LogP) is 3.65. The molecule has 0 unspecified atom stereocenters. The van der Waals surface area contributed by atoms with Crippen LogP contribution in [0.2, 0.25) is 0 Å². The Hall–Kier alpha value is -3.32. The third-order valence-electron chi connectivity index (χ3n) is 5.48. The first-order valence-electron chi connectivity index (χ1n) is 10.4. The lowest BCUT2D eigenvalue weighted by Crippen LogP contribution is -2.34. The number of anilines is 1. The molecule has 0 spiro atoms. The Morgan fingerprint density at radius 3 is 2.58 bits per heavy atom. The molecule has 0 bridgehead atoms. The number of fused-ring (bicyclic) bond motifs is 1. The summed E-state index contributed by atoms with van der Waals surface area (Å²) in [5.41, 5.74) is 4.20. The highest BCUT2D eigenvalue weighted by molar-refractivity contribution is 6.36. The van der Waals surface area contributed by atoms with Crippen molar-refractivity contribution in [1.82, 2.24) is 4.90 Å². The average Bonchev–Trinajstić information content (AvgIpc) is 3.31. The normalized spacial score (nSPS) is 15.3. The molecular weight excluding hydrogens is 396 g/mol. The molecule has 1 N–H and O–H groups in total. The van der Waals surface area contributed by atoms with Crippen molar-refractivity contribution in [1.29, 1.82) is 0 Å². The molecule has 31 heavy (non-hydrogen) atoms. The van der Waals surface area contributed by atoms with E-state index in [0.29, 0.717) is 48.9 Å². The van der Waals surface area contributed by atoms with Crippen LogP contribution in [0.15, 0.2) is 42.1 Å². The molecule has 2 aliphatic rings. The summed E-state index contributed by atoms with van der Waals surface area (Å²) in [6, 6.07) is 11.1. The Balaban J connectivity index is 1.68. The van der Waals surface area contributed by atoms with E-state index in [9.17, 15) is 9.59 Å². The van der Waals surface area contributed by atoms with E-state index in [1.54, 1.807) is 18.2 Å². The molecule has 7 heteroatoms. The molecule has 4 rings (SSSR count). The molecule has 2 amide bonds. The predicted molar refractivity (Wildman–Crippen MR) is 117 cm³/mol. The fourth-order valence-corrected chi connectivity index (χ4v) is 3.65. The molecular formula is C24H26N2O5. The van der Waals surface area contributed by atoms with E-state index in [0.717, 1.165) is 16.7 Å². The molecule has 0 radical (unpaired) electrons. The molecule has 7 nitrogen and oxygen atoms in total. The minimum Gasteiger partial charge on any atom is -0.454 e. The summed E-state index contributed by atoms with van der Waals surface area (Å²) < 4.78 is 16.2. The highest BCUT2D eigenvalue weighted by Gasteiger charge is 2.39. The van der Waals surface area contributed by atoms with Crippen molar-refractivity contribution in [3.63, 3.8) is 0 Å². The highest BCUT2D eigenvalue weighted by Crippen LogP contribution is 2.36. The van der Waals surface area contributed by atoms with Crippen LogP contribution in [0.25, 0.3) is 5.57 Å². The monoisotopic (exact) mass is 422 g/mol. The van der Waals surface area contributed by atoms with Crippen LogP contribution in [0.3, 0.4) is 0 Å². The maximum absolute atomic E-state index is 13.3. The van der Waals surface area contributed by atoms with Crippen molar-refractivity contribution < 1.29 is 23.8 Å². The third-order valence-corrected chi connectivity index (χ3v) is 5.48. The molecule has 2 heterocycles. The van der Waals surface area contributed by atoms with Crippen LogP contribution in [0.1, 0.15) is 30.0 Å². The Morgan fingerprint density at radius 2 is 1.81 bits per heavy atom. The Labute approximate surface area is 181 Å². The van der Waals surface area contributed by atoms with Crippen LogP contribution in [-0.4, -0.2) is 43.3 Å². The van der Waals surface area contributed by atoms with Crippen LogP contribution >= 0.6 is 0 Å². The van der Waals surface area contributed by atoms with E-state index in [1.807, 2.05) is 39.0 Å². The number of carbonyl (C=O) groups excluding carboxylic acids is 2. The minimum absolute atomic E-state index is 0.167. The standard InChI is InChI=1S/C24H26N2O5/c1-4-29-11-5-10-26-23(27)21(17-7-6-15(2)16(3)12-17)22(24(26)28)25-18-8-9-19-20(13-18)31-14-30-19/h6-9,12-13,25H,4-5,10-11,14H2,1-3H3. The van der Waals surface area contributed by atoms with E-state index < -0.39 is 0 Å². The number of amides is 2. The second-order valence-electron chi connectivity index (χ2n) is 7.55. The highest BCUT2D eigenvalue weighted by atomic mass is 16.7. The zero-order chi connectivity index (χ0) is 22.0. The van der Waals surface area contributed by atoms with Gasteiger partial charge in [0, 0.05) is 31.5 Å². The molecule has 0 saturated heterocycles. The van der Waals surface area contributed by atoms with E-state index in [-0.39, 0.29) is 24.3 Å². The largest absolute Gasteiger partial charge is 0.454 e. The zero-order valence-corrected chi connectivity index (χ0v) is 18.0. The lowest BCUT2D eigenvalue weighted by atomic mass is 9.99. The molecule has 2 aliphatic heterocycles. The molecule has 2 aromatic carbocycles. The van der Waals surface area contributed by atoms with Gasteiger partial charge in [0.05, 0.1) is 5.57 Å². The van der Waals surface area contributed by atoms with Crippen molar-refractivity contribution in [2.24, 2.45) is 0 Å². The summed E-state index contributed by atoms with van der Waals surface area (Å²) >= 11 is 0. The van der Waals surface area contributed by atoms with Gasteiger partial charge < -0.3 is 19.5 Å². The van der Waals surface area contributed by atoms with E-state index in [1.165, 1.54) is 4.90 Å². The van der Waals surface area contributed by atoms with Gasteiger partial charge in [-0.1, -0.05) is 18.2 Å². The number of nitrogens with zero attached hydrogens (tertiary/aromatic N) is 1. The number of nitrogens with one attached hydrogen (secondary N) is 1. The van der Waals surface area contributed by atoms with Gasteiger partial charge in [0.2, 0.25) is 6.79 Å². The minimum atomic E-state index is -0.340. The quantitative estimate of drug-likeness (QED) is 0.517. The first-order chi connectivity index (χ1) is 15.0. The Bertz CT molecular complexity index is 1060. The molecule has 0 atom stereocenters. The summed E-state index contributed by atoms with van der Waals surface area (Å²) in [5.74, 6) is 0.615. The van der Waals surface area contributed by atoms with E-state index in [4.69, 9.17) is 14.2 Å². The van der Waals surface area contributed by atoms with Crippen molar-refractivity contribution in [2.75, 3.05) is 31.9 Å². The van der Waals surface area contributed by atoms with E-state index >= 15 is 0 Å². The smallest absolute Gasteiger partial charge is 0.278 e. The Kier molecular flexibility index (Phi) is 5.95. The average molecular weight is 422 g/mol. The van der Waals surface area contributed by atoms with Gasteiger partial charge in [-0.05, 0) is 56.0 Å². The van der Waals surface area contributed by atoms with Gasteiger partial charge in [-0.2, -0.15) is 0 Å².